The number of rotatable bonds is 5. The molecule has 24 heavy (non-hydrogen) atoms. The third-order valence-electron chi connectivity index (χ3n) is 5.06. The highest BCUT2D eigenvalue weighted by Crippen LogP contribution is 2.26. The first-order valence-corrected chi connectivity index (χ1v) is 8.94. The molecule has 0 spiro atoms. The van der Waals surface area contributed by atoms with Gasteiger partial charge in [-0.2, -0.15) is 5.10 Å². The van der Waals surface area contributed by atoms with Crippen LogP contribution in [-0.4, -0.2) is 78.5 Å². The summed E-state index contributed by atoms with van der Waals surface area (Å²) in [5, 5.41) is 10.6. The lowest BCUT2D eigenvalue weighted by Gasteiger charge is -2.32. The van der Waals surface area contributed by atoms with Crippen molar-refractivity contribution < 1.29 is 9.53 Å². The van der Waals surface area contributed by atoms with Crippen LogP contribution >= 0.6 is 0 Å². The average molecular weight is 335 g/mol. The summed E-state index contributed by atoms with van der Waals surface area (Å²) in [5.41, 5.74) is 2.16. The van der Waals surface area contributed by atoms with E-state index in [0.717, 1.165) is 70.0 Å². The number of hydrogen-bond acceptors (Lipinski definition) is 4. The van der Waals surface area contributed by atoms with Crippen molar-refractivity contribution in [2.45, 2.75) is 38.1 Å². The minimum absolute atomic E-state index is 0.0746. The minimum Gasteiger partial charge on any atom is -0.383 e. The van der Waals surface area contributed by atoms with E-state index in [1.807, 2.05) is 11.8 Å². The van der Waals surface area contributed by atoms with Crippen LogP contribution in [0.3, 0.4) is 0 Å². The summed E-state index contributed by atoms with van der Waals surface area (Å²) in [6.07, 6.45) is 3.15. The van der Waals surface area contributed by atoms with E-state index in [-0.39, 0.29) is 12.1 Å². The van der Waals surface area contributed by atoms with Crippen LogP contribution in [0.5, 0.6) is 0 Å². The fourth-order valence-corrected chi connectivity index (χ4v) is 3.69. The summed E-state index contributed by atoms with van der Waals surface area (Å²) in [5.74, 6) is 0.344. The number of carbonyl (C=O) groups excluding carboxylic acids is 1. The highest BCUT2D eigenvalue weighted by Gasteiger charge is 2.29. The summed E-state index contributed by atoms with van der Waals surface area (Å²) in [6.45, 7) is 7.25. The number of piperidine rings is 1. The molecule has 3 rings (SSSR count). The molecule has 1 aromatic rings. The number of carbonyl (C=O) groups is 1. The number of H-pyrrole nitrogens is 1. The molecule has 2 atom stereocenters. The van der Waals surface area contributed by atoms with Crippen LogP contribution in [0, 0.1) is 6.92 Å². The fourth-order valence-electron chi connectivity index (χ4n) is 3.69. The molecule has 2 fully saturated rings. The highest BCUT2D eigenvalue weighted by atomic mass is 16.5. The Labute approximate surface area is 143 Å². The van der Waals surface area contributed by atoms with Crippen molar-refractivity contribution in [3.8, 4) is 0 Å². The number of aromatic amines is 1. The van der Waals surface area contributed by atoms with Crippen LogP contribution in [0.25, 0.3) is 0 Å². The molecule has 3 heterocycles. The Morgan fingerprint density at radius 1 is 1.42 bits per heavy atom. The maximum Gasteiger partial charge on any atom is 0.317 e. The Morgan fingerprint density at radius 3 is 3.04 bits per heavy atom. The Morgan fingerprint density at radius 2 is 2.29 bits per heavy atom. The molecular weight excluding hydrogens is 306 g/mol. The van der Waals surface area contributed by atoms with Crippen molar-refractivity contribution in [1.29, 1.82) is 0 Å². The molecule has 0 radical (unpaired) electrons. The van der Waals surface area contributed by atoms with E-state index >= 15 is 0 Å². The lowest BCUT2D eigenvalue weighted by Crippen LogP contribution is -2.49. The van der Waals surface area contributed by atoms with Crippen LogP contribution in [0.4, 0.5) is 4.79 Å². The lowest BCUT2D eigenvalue weighted by atomic mass is 9.95. The zero-order valence-corrected chi connectivity index (χ0v) is 14.8. The normalized spacial score (nSPS) is 25.2. The van der Waals surface area contributed by atoms with Gasteiger partial charge < -0.3 is 15.0 Å². The van der Waals surface area contributed by atoms with Gasteiger partial charge in [-0.25, -0.2) is 4.79 Å². The Hall–Kier alpha value is -1.60. The number of likely N-dealkylation sites (tertiary alicyclic amines) is 2. The number of aryl methyl sites for hydroxylation is 1. The Bertz CT molecular complexity index is 547. The van der Waals surface area contributed by atoms with Crippen LogP contribution in [-0.2, 0) is 4.74 Å². The maximum absolute atomic E-state index is 12.6. The van der Waals surface area contributed by atoms with Gasteiger partial charge in [-0.3, -0.25) is 10.00 Å². The molecule has 1 aromatic heterocycles. The molecule has 0 bridgehead atoms. The van der Waals surface area contributed by atoms with Gasteiger partial charge in [0.1, 0.15) is 0 Å². The van der Waals surface area contributed by atoms with Crippen molar-refractivity contribution in [3.05, 3.63) is 17.5 Å². The molecule has 2 aliphatic rings. The van der Waals surface area contributed by atoms with E-state index in [4.69, 9.17) is 4.74 Å². The number of hydrogen-bond donors (Lipinski definition) is 2. The van der Waals surface area contributed by atoms with Gasteiger partial charge in [-0.05, 0) is 32.3 Å². The summed E-state index contributed by atoms with van der Waals surface area (Å²) >= 11 is 0. The minimum atomic E-state index is 0.0746. The topological polar surface area (TPSA) is 73.5 Å². The van der Waals surface area contributed by atoms with E-state index in [9.17, 15) is 4.79 Å². The predicted octanol–water partition coefficient (Wildman–Crippen LogP) is 1.33. The van der Waals surface area contributed by atoms with E-state index in [2.05, 4.69) is 26.5 Å². The van der Waals surface area contributed by atoms with Crippen molar-refractivity contribution in [2.75, 3.05) is 46.4 Å². The summed E-state index contributed by atoms with van der Waals surface area (Å²) in [7, 11) is 1.73. The van der Waals surface area contributed by atoms with Crippen LogP contribution in [0.15, 0.2) is 6.07 Å². The summed E-state index contributed by atoms with van der Waals surface area (Å²) in [4.78, 5) is 16.9. The zero-order chi connectivity index (χ0) is 16.9. The molecule has 0 saturated carbocycles. The predicted molar refractivity (Wildman–Crippen MR) is 92.1 cm³/mol. The van der Waals surface area contributed by atoms with Crippen molar-refractivity contribution in [2.24, 2.45) is 0 Å². The van der Waals surface area contributed by atoms with Crippen LogP contribution in [0.2, 0.25) is 0 Å². The zero-order valence-electron chi connectivity index (χ0n) is 14.8. The fraction of sp³-hybridized carbons (Fsp3) is 0.765. The number of urea groups is 1. The first kappa shape index (κ1) is 17.2. The number of ether oxygens (including phenoxy) is 1. The number of nitrogens with zero attached hydrogens (tertiary/aromatic N) is 3. The molecule has 0 aliphatic carbocycles. The lowest BCUT2D eigenvalue weighted by molar-refractivity contribution is 0.158. The van der Waals surface area contributed by atoms with Crippen molar-refractivity contribution >= 4 is 6.03 Å². The third-order valence-corrected chi connectivity index (χ3v) is 5.06. The van der Waals surface area contributed by atoms with Crippen molar-refractivity contribution in [3.63, 3.8) is 0 Å². The molecule has 2 amide bonds. The van der Waals surface area contributed by atoms with Gasteiger partial charge in [0.05, 0.1) is 12.3 Å². The van der Waals surface area contributed by atoms with Gasteiger partial charge in [0, 0.05) is 57.5 Å². The number of methoxy groups -OCH3 is 1. The van der Waals surface area contributed by atoms with Crippen LogP contribution in [0.1, 0.15) is 36.6 Å². The largest absolute Gasteiger partial charge is 0.383 e. The first-order chi connectivity index (χ1) is 11.7. The van der Waals surface area contributed by atoms with Crippen molar-refractivity contribution in [1.82, 2.24) is 25.3 Å². The highest BCUT2D eigenvalue weighted by molar-refractivity contribution is 5.74. The van der Waals surface area contributed by atoms with Gasteiger partial charge in [-0.15, -0.1) is 0 Å². The first-order valence-electron chi connectivity index (χ1n) is 8.94. The summed E-state index contributed by atoms with van der Waals surface area (Å²) in [6, 6.07) is 2.42. The SMILES string of the molecule is COCCN1CC[C@@H](NC(=O)N2CCC[C@@H](c3cc(C)[nH]n3)C2)C1. The molecule has 2 N–H and O–H groups in total. The van der Waals surface area contributed by atoms with E-state index < -0.39 is 0 Å². The van der Waals surface area contributed by atoms with Gasteiger partial charge >= 0.3 is 6.03 Å². The molecule has 7 heteroatoms. The molecule has 2 aliphatic heterocycles. The number of aromatic nitrogens is 2. The maximum atomic E-state index is 12.6. The molecular formula is C17H29N5O2. The Balaban J connectivity index is 1.48. The third kappa shape index (κ3) is 4.27. The monoisotopic (exact) mass is 335 g/mol. The molecule has 7 nitrogen and oxygen atoms in total. The second-order valence-electron chi connectivity index (χ2n) is 6.99. The molecule has 0 aromatic carbocycles. The standard InChI is InChI=1S/C17H29N5O2/c1-13-10-16(20-19-13)14-4-3-6-22(11-14)17(23)18-15-5-7-21(12-15)8-9-24-2/h10,14-15H,3-9,11-12H2,1-2H3,(H,18,23)(H,19,20)/t14-,15-/m1/s1. The van der Waals surface area contributed by atoms with Crippen LogP contribution < -0.4 is 5.32 Å². The molecule has 2 saturated heterocycles. The average Bonchev–Trinajstić information content (AvgIpc) is 3.22. The van der Waals surface area contributed by atoms with Gasteiger partial charge in [0.25, 0.3) is 0 Å². The smallest absolute Gasteiger partial charge is 0.317 e. The summed E-state index contributed by atoms with van der Waals surface area (Å²) < 4.78 is 5.13. The van der Waals surface area contributed by atoms with E-state index in [0.29, 0.717) is 5.92 Å². The second-order valence-corrected chi connectivity index (χ2v) is 6.99. The quantitative estimate of drug-likeness (QED) is 0.851. The van der Waals surface area contributed by atoms with Gasteiger partial charge in [0.15, 0.2) is 0 Å². The Kier molecular flexibility index (Phi) is 5.73. The molecule has 134 valence electrons. The molecule has 0 unspecified atom stereocenters. The van der Waals surface area contributed by atoms with E-state index in [1.54, 1.807) is 7.11 Å². The number of amides is 2. The number of nitrogens with one attached hydrogen (secondary N) is 2. The second kappa shape index (κ2) is 7.98. The van der Waals surface area contributed by atoms with Gasteiger partial charge in [0.2, 0.25) is 0 Å². The van der Waals surface area contributed by atoms with E-state index in [1.165, 1.54) is 0 Å². The van der Waals surface area contributed by atoms with Gasteiger partial charge in [-0.1, -0.05) is 0 Å².